The van der Waals surface area contributed by atoms with E-state index in [0.29, 0.717) is 0 Å². The van der Waals surface area contributed by atoms with Crippen molar-refractivity contribution in [1.29, 1.82) is 0 Å². The van der Waals surface area contributed by atoms with Gasteiger partial charge in [0.25, 0.3) is 0 Å². The molecule has 20 aromatic carbocycles. The fourth-order valence-corrected chi connectivity index (χ4v) is 19.8. The average Bonchev–Trinajstić information content (AvgIpc) is 1.54. The molecule has 2 heterocycles. The van der Waals surface area contributed by atoms with Crippen LogP contribution in [0.5, 0.6) is 0 Å². The van der Waals surface area contributed by atoms with Crippen molar-refractivity contribution in [2.45, 2.75) is 10.8 Å². The van der Waals surface area contributed by atoms with E-state index in [2.05, 4.69) is 490 Å². The summed E-state index contributed by atoms with van der Waals surface area (Å²) in [5.74, 6) is 0. The maximum absolute atomic E-state index is 3.63. The number of fused-ring (bicyclic) bond motifs is 16. The average molecular weight is 1580 g/mol. The molecule has 0 unspecified atom stereocenters. The van der Waals surface area contributed by atoms with Crippen LogP contribution in [0.2, 0.25) is 0 Å². The standard InChI is InChI=1S/C57H38N2.C35H25N.C22H14BrN/c1-4-20-43(21-5-1)57(44-22-6-2-7-23-44)53-36-42-19-13-12-18-41(42)35-52(53)49-32-30-47(37-54(49)57)58(45-24-8-3-9-25-45)48-31-33-51-50-26-14-15-27-55(50)59(56(51)38-48)46-29-28-39-16-10-11-17-40(39)34-46;1-4-14-27(15-5-1)35(28-16-6-2-7-17-28)33-23-26-13-11-10-12-25(26)22-32(33)31-21-20-30(24-34(31)35)36-29-18-8-3-9-19-29;23-17-10-12-20-19-7-3-4-8-21(19)24(22(20)14-17)18-11-9-15-5-1-2-6-16(15)13-18/h1-38H;1-24,36H;1-14H. The molecule has 24 rings (SSSR count). The fourth-order valence-electron chi connectivity index (χ4n) is 19.5. The Morgan fingerprint density at radius 3 is 1.03 bits per heavy atom. The Kier molecular flexibility index (Phi) is 17.5. The summed E-state index contributed by atoms with van der Waals surface area (Å²) >= 11 is 3.62. The minimum absolute atomic E-state index is 0.411. The maximum Gasteiger partial charge on any atom is 0.0714 e. The van der Waals surface area contributed by atoms with Gasteiger partial charge in [-0.1, -0.05) is 344 Å². The molecule has 22 aromatic rings. The number of aromatic nitrogens is 2. The molecule has 2 aliphatic rings. The van der Waals surface area contributed by atoms with Crippen molar-refractivity contribution in [3.05, 3.63) is 510 Å². The fraction of sp³-hybridized carbons (Fsp3) is 0.0175. The topological polar surface area (TPSA) is 25.1 Å². The van der Waals surface area contributed by atoms with Crippen LogP contribution >= 0.6 is 15.9 Å². The summed E-state index contributed by atoms with van der Waals surface area (Å²) in [6.07, 6.45) is 0. The van der Waals surface area contributed by atoms with Gasteiger partial charge in [-0.3, -0.25) is 0 Å². The molecule has 0 saturated heterocycles. The number of nitrogens with zero attached hydrogens (tertiary/aromatic N) is 3. The highest BCUT2D eigenvalue weighted by Crippen LogP contribution is 2.60. The number of hydrogen-bond donors (Lipinski definition) is 1. The summed E-state index contributed by atoms with van der Waals surface area (Å²) in [4.78, 5) is 2.43. The second kappa shape index (κ2) is 29.4. The molecular formula is C114H77BrN4. The van der Waals surface area contributed by atoms with Crippen molar-refractivity contribution in [3.63, 3.8) is 0 Å². The van der Waals surface area contributed by atoms with Crippen LogP contribution in [0.25, 0.3) is 120 Å². The number of benzene rings is 20. The van der Waals surface area contributed by atoms with Gasteiger partial charge < -0.3 is 19.4 Å². The smallest absolute Gasteiger partial charge is 0.0714 e. The van der Waals surface area contributed by atoms with Crippen LogP contribution in [0.1, 0.15) is 44.5 Å². The Bertz CT molecular complexity index is 7570. The maximum atomic E-state index is 3.63. The second-order valence-electron chi connectivity index (χ2n) is 31.2. The molecule has 0 bridgehead atoms. The van der Waals surface area contributed by atoms with E-state index in [9.17, 15) is 0 Å². The molecule has 0 spiro atoms. The molecule has 5 heteroatoms. The molecule has 0 amide bonds. The summed E-state index contributed by atoms with van der Waals surface area (Å²) in [7, 11) is 0. The van der Waals surface area contributed by atoms with Gasteiger partial charge in [-0.25, -0.2) is 0 Å². The van der Waals surface area contributed by atoms with Crippen LogP contribution in [-0.4, -0.2) is 9.13 Å². The number of rotatable bonds is 11. The highest BCUT2D eigenvalue weighted by molar-refractivity contribution is 9.10. The molecule has 1 N–H and O–H groups in total. The molecule has 4 nitrogen and oxygen atoms in total. The van der Waals surface area contributed by atoms with Crippen LogP contribution in [0.15, 0.2) is 466 Å². The van der Waals surface area contributed by atoms with Crippen molar-refractivity contribution in [2.75, 3.05) is 10.2 Å². The summed E-state index contributed by atoms with van der Waals surface area (Å²) in [6, 6.07) is 168. The van der Waals surface area contributed by atoms with Crippen LogP contribution in [0.4, 0.5) is 28.4 Å². The zero-order valence-electron chi connectivity index (χ0n) is 65.1. The molecule has 0 radical (unpaired) electrons. The SMILES string of the molecule is Brc1ccc2c3ccccc3n(-c3ccc4ccccc4c3)c2c1.c1ccc(N(c2ccc3c(c2)C(c2ccccc2)(c2ccccc2)c2cc4ccccc4cc2-3)c2ccc3c4ccccc4n(-c4ccc5ccccc5c4)c3c2)cc1.c1ccc(Nc2ccc3c(c2)C(c2ccccc2)(c2ccccc2)c2cc4ccccc4cc2-3)cc1. The number of para-hydroxylation sites is 4. The van der Waals surface area contributed by atoms with Gasteiger partial charge in [0.15, 0.2) is 0 Å². The quantitative estimate of drug-likeness (QED) is 0.140. The van der Waals surface area contributed by atoms with Gasteiger partial charge in [0.2, 0.25) is 0 Å². The lowest BCUT2D eigenvalue weighted by Crippen LogP contribution is -2.28. The number of nitrogens with one attached hydrogen (secondary N) is 1. The van der Waals surface area contributed by atoms with E-state index in [4.69, 9.17) is 0 Å². The summed E-state index contributed by atoms with van der Waals surface area (Å²) < 4.78 is 5.88. The van der Waals surface area contributed by atoms with Gasteiger partial charge in [-0.05, 0) is 243 Å². The zero-order chi connectivity index (χ0) is 79.0. The highest BCUT2D eigenvalue weighted by Gasteiger charge is 2.48. The molecule has 2 aliphatic carbocycles. The molecule has 119 heavy (non-hydrogen) atoms. The van der Waals surface area contributed by atoms with Gasteiger partial charge in [0, 0.05) is 65.8 Å². The Morgan fingerprint density at radius 1 is 0.210 bits per heavy atom. The first-order valence-electron chi connectivity index (χ1n) is 40.9. The third-order valence-corrected chi connectivity index (χ3v) is 25.2. The summed E-state index contributed by atoms with van der Waals surface area (Å²) in [5, 5.41) is 18.7. The van der Waals surface area contributed by atoms with Gasteiger partial charge in [0.05, 0.1) is 32.9 Å². The molecule has 560 valence electrons. The largest absolute Gasteiger partial charge is 0.356 e. The van der Waals surface area contributed by atoms with Gasteiger partial charge >= 0.3 is 0 Å². The first-order chi connectivity index (χ1) is 58.9. The lowest BCUT2D eigenvalue weighted by Gasteiger charge is -2.35. The minimum atomic E-state index is -0.540. The Morgan fingerprint density at radius 2 is 0.555 bits per heavy atom. The molecule has 0 atom stereocenters. The van der Waals surface area contributed by atoms with Crippen LogP contribution in [0, 0.1) is 0 Å². The predicted molar refractivity (Wildman–Crippen MR) is 505 cm³/mol. The highest BCUT2D eigenvalue weighted by atomic mass is 79.9. The summed E-state index contributed by atoms with van der Waals surface area (Å²) in [5.41, 5.74) is 27.2. The van der Waals surface area contributed by atoms with Crippen LogP contribution < -0.4 is 10.2 Å². The van der Waals surface area contributed by atoms with Gasteiger partial charge in [-0.15, -0.1) is 0 Å². The van der Waals surface area contributed by atoms with E-state index in [1.165, 1.54) is 159 Å². The van der Waals surface area contributed by atoms with Crippen molar-refractivity contribution in [1.82, 2.24) is 9.13 Å². The molecule has 0 saturated carbocycles. The number of hydrogen-bond acceptors (Lipinski definition) is 2. The molecule has 2 aromatic heterocycles. The van der Waals surface area contributed by atoms with Crippen molar-refractivity contribution in [3.8, 4) is 33.6 Å². The third kappa shape index (κ3) is 11.9. The summed E-state index contributed by atoms with van der Waals surface area (Å²) in [6.45, 7) is 0. The van der Waals surface area contributed by atoms with Crippen LogP contribution in [0.3, 0.4) is 0 Å². The second-order valence-corrected chi connectivity index (χ2v) is 32.2. The third-order valence-electron chi connectivity index (χ3n) is 24.7. The van der Waals surface area contributed by atoms with E-state index in [1.807, 2.05) is 6.07 Å². The van der Waals surface area contributed by atoms with E-state index in [0.717, 1.165) is 38.6 Å². The van der Waals surface area contributed by atoms with Gasteiger partial charge in [-0.2, -0.15) is 0 Å². The predicted octanol–water partition coefficient (Wildman–Crippen LogP) is 30.6. The monoisotopic (exact) mass is 1580 g/mol. The zero-order valence-corrected chi connectivity index (χ0v) is 66.7. The Balaban J connectivity index is 0.000000120. The Labute approximate surface area is 699 Å². The van der Waals surface area contributed by atoms with Crippen LogP contribution in [-0.2, 0) is 10.8 Å². The number of halogens is 1. The lowest BCUT2D eigenvalue weighted by molar-refractivity contribution is 0.769. The molecular weight excluding hydrogens is 1510 g/mol. The molecule has 0 aliphatic heterocycles. The first kappa shape index (κ1) is 70.7. The van der Waals surface area contributed by atoms with E-state index in [1.54, 1.807) is 0 Å². The van der Waals surface area contributed by atoms with E-state index < -0.39 is 10.8 Å². The molecule has 0 fully saturated rings. The van der Waals surface area contributed by atoms with Gasteiger partial charge in [0.1, 0.15) is 0 Å². The van der Waals surface area contributed by atoms with E-state index >= 15 is 0 Å². The lowest BCUT2D eigenvalue weighted by atomic mass is 9.67. The van der Waals surface area contributed by atoms with Crippen molar-refractivity contribution < 1.29 is 0 Å². The Hall–Kier alpha value is -14.9. The van der Waals surface area contributed by atoms with Crippen molar-refractivity contribution in [2.24, 2.45) is 0 Å². The van der Waals surface area contributed by atoms with E-state index in [-0.39, 0.29) is 0 Å². The first-order valence-corrected chi connectivity index (χ1v) is 41.7. The minimum Gasteiger partial charge on any atom is -0.356 e. The van der Waals surface area contributed by atoms with Crippen molar-refractivity contribution >= 4 is 131 Å². The number of anilines is 5. The normalized spacial score (nSPS) is 12.7.